The van der Waals surface area contributed by atoms with Crippen LogP contribution in [0.5, 0.6) is 17.2 Å². The molecule has 1 spiro atoms. The molecule has 5 rings (SSSR count). The molecule has 2 heterocycles. The molecule has 1 N–H and O–H groups in total. The number of hydrogen-bond acceptors (Lipinski definition) is 7. The van der Waals surface area contributed by atoms with E-state index < -0.39 is 5.79 Å². The standard InChI is InChI=1S/C24H25N3O5/c1-2-29-18-8-5-16(6-9-18)23-26-22(32-27-23)12-11-21(28)25-17-7-10-19-20(15-17)31-24(30-19)13-3-4-14-24/h5-10,15H,2-4,11-14H2,1H3,(H,25,28). The van der Waals surface area contributed by atoms with Crippen molar-refractivity contribution in [3.05, 3.63) is 48.4 Å². The van der Waals surface area contributed by atoms with E-state index in [1.807, 2.05) is 49.4 Å². The summed E-state index contributed by atoms with van der Waals surface area (Å²) < 4.78 is 22.8. The Hall–Kier alpha value is -3.55. The van der Waals surface area contributed by atoms with Gasteiger partial charge in [-0.05, 0) is 56.2 Å². The maximum Gasteiger partial charge on any atom is 0.251 e. The van der Waals surface area contributed by atoms with Gasteiger partial charge < -0.3 is 24.1 Å². The summed E-state index contributed by atoms with van der Waals surface area (Å²) in [5.41, 5.74) is 1.50. The lowest BCUT2D eigenvalue weighted by Gasteiger charge is -2.21. The fourth-order valence-corrected chi connectivity index (χ4v) is 4.07. The number of aromatic nitrogens is 2. The molecule has 0 radical (unpaired) electrons. The van der Waals surface area contributed by atoms with Gasteiger partial charge in [-0.1, -0.05) is 5.16 Å². The first kappa shape index (κ1) is 20.4. The minimum atomic E-state index is -0.510. The molecule has 1 aliphatic carbocycles. The summed E-state index contributed by atoms with van der Waals surface area (Å²) in [6, 6.07) is 13.0. The molecule has 0 bridgehead atoms. The van der Waals surface area contributed by atoms with E-state index in [9.17, 15) is 4.79 Å². The van der Waals surface area contributed by atoms with Crippen LogP contribution in [-0.2, 0) is 11.2 Å². The van der Waals surface area contributed by atoms with Gasteiger partial charge in [0.2, 0.25) is 17.6 Å². The molecule has 0 atom stereocenters. The van der Waals surface area contributed by atoms with Crippen LogP contribution in [0.1, 0.15) is 44.9 Å². The molecule has 166 valence electrons. The van der Waals surface area contributed by atoms with Crippen LogP contribution in [-0.4, -0.2) is 28.4 Å². The van der Waals surface area contributed by atoms with Crippen molar-refractivity contribution in [2.24, 2.45) is 0 Å². The number of amides is 1. The summed E-state index contributed by atoms with van der Waals surface area (Å²) >= 11 is 0. The minimum absolute atomic E-state index is 0.139. The molecule has 1 fully saturated rings. The van der Waals surface area contributed by atoms with Crippen LogP contribution < -0.4 is 19.5 Å². The fraction of sp³-hybridized carbons (Fsp3) is 0.375. The van der Waals surface area contributed by atoms with Gasteiger partial charge in [0.15, 0.2) is 11.5 Å². The van der Waals surface area contributed by atoms with Crippen molar-refractivity contribution >= 4 is 11.6 Å². The Labute approximate surface area is 185 Å². The zero-order valence-corrected chi connectivity index (χ0v) is 17.9. The zero-order valence-electron chi connectivity index (χ0n) is 17.9. The van der Waals surface area contributed by atoms with Gasteiger partial charge in [0, 0.05) is 43.0 Å². The average molecular weight is 435 g/mol. The van der Waals surface area contributed by atoms with E-state index >= 15 is 0 Å². The first-order chi connectivity index (χ1) is 15.6. The van der Waals surface area contributed by atoms with Gasteiger partial charge in [-0.2, -0.15) is 4.98 Å². The van der Waals surface area contributed by atoms with E-state index in [0.717, 1.165) is 42.7 Å². The monoisotopic (exact) mass is 435 g/mol. The van der Waals surface area contributed by atoms with Crippen molar-refractivity contribution < 1.29 is 23.5 Å². The number of benzene rings is 2. The van der Waals surface area contributed by atoms with Crippen LogP contribution in [0.25, 0.3) is 11.4 Å². The number of fused-ring (bicyclic) bond motifs is 1. The molecular weight excluding hydrogens is 410 g/mol. The third-order valence-electron chi connectivity index (χ3n) is 5.64. The molecule has 1 saturated carbocycles. The predicted octanol–water partition coefficient (Wildman–Crippen LogP) is 4.75. The van der Waals surface area contributed by atoms with E-state index in [0.29, 0.717) is 36.2 Å². The molecular formula is C24H25N3O5. The highest BCUT2D eigenvalue weighted by Crippen LogP contribution is 2.47. The highest BCUT2D eigenvalue weighted by molar-refractivity contribution is 5.91. The lowest BCUT2D eigenvalue weighted by Crippen LogP contribution is -2.34. The molecule has 2 aromatic carbocycles. The Kier molecular flexibility index (Phi) is 5.43. The topological polar surface area (TPSA) is 95.7 Å². The Bertz CT molecular complexity index is 1100. The van der Waals surface area contributed by atoms with Gasteiger partial charge in [-0.3, -0.25) is 4.79 Å². The average Bonchev–Trinajstić information content (AvgIpc) is 3.53. The van der Waals surface area contributed by atoms with E-state index in [1.54, 1.807) is 0 Å². The third-order valence-corrected chi connectivity index (χ3v) is 5.64. The Morgan fingerprint density at radius 1 is 1.09 bits per heavy atom. The SMILES string of the molecule is CCOc1ccc(-c2noc(CCC(=O)Nc3ccc4c(c3)OC3(CCCC3)O4)n2)cc1. The van der Waals surface area contributed by atoms with Crippen molar-refractivity contribution in [1.29, 1.82) is 0 Å². The van der Waals surface area contributed by atoms with Crippen LogP contribution in [0.2, 0.25) is 0 Å². The number of aryl methyl sites for hydroxylation is 1. The first-order valence-electron chi connectivity index (χ1n) is 11.0. The molecule has 0 unspecified atom stereocenters. The Morgan fingerprint density at radius 2 is 1.88 bits per heavy atom. The van der Waals surface area contributed by atoms with Gasteiger partial charge in [-0.15, -0.1) is 0 Å². The summed E-state index contributed by atoms with van der Waals surface area (Å²) in [6.07, 6.45) is 4.58. The Balaban J connectivity index is 1.15. The summed E-state index contributed by atoms with van der Waals surface area (Å²) in [6.45, 7) is 2.55. The van der Waals surface area contributed by atoms with Crippen molar-refractivity contribution in [3.8, 4) is 28.6 Å². The van der Waals surface area contributed by atoms with Crippen molar-refractivity contribution in [3.63, 3.8) is 0 Å². The van der Waals surface area contributed by atoms with E-state index in [4.69, 9.17) is 18.7 Å². The number of nitrogens with one attached hydrogen (secondary N) is 1. The number of ether oxygens (including phenoxy) is 3. The maximum absolute atomic E-state index is 12.4. The van der Waals surface area contributed by atoms with Crippen LogP contribution in [0, 0.1) is 0 Å². The van der Waals surface area contributed by atoms with Crippen LogP contribution >= 0.6 is 0 Å². The van der Waals surface area contributed by atoms with Gasteiger partial charge in [0.25, 0.3) is 5.79 Å². The van der Waals surface area contributed by atoms with Crippen molar-refractivity contribution in [2.45, 2.75) is 51.2 Å². The largest absolute Gasteiger partial charge is 0.494 e. The Morgan fingerprint density at radius 3 is 2.66 bits per heavy atom. The molecule has 1 aromatic heterocycles. The number of rotatable bonds is 7. The van der Waals surface area contributed by atoms with Gasteiger partial charge in [0.1, 0.15) is 5.75 Å². The van der Waals surface area contributed by atoms with E-state index in [-0.39, 0.29) is 12.3 Å². The molecule has 8 nitrogen and oxygen atoms in total. The summed E-state index contributed by atoms with van der Waals surface area (Å²) in [5, 5.41) is 6.91. The second-order valence-electron chi connectivity index (χ2n) is 8.00. The summed E-state index contributed by atoms with van der Waals surface area (Å²) in [7, 11) is 0. The molecule has 1 aliphatic heterocycles. The number of carbonyl (C=O) groups is 1. The molecule has 3 aromatic rings. The lowest BCUT2D eigenvalue weighted by atomic mass is 10.2. The van der Waals surface area contributed by atoms with Crippen LogP contribution in [0.3, 0.4) is 0 Å². The van der Waals surface area contributed by atoms with Crippen LogP contribution in [0.15, 0.2) is 47.0 Å². The maximum atomic E-state index is 12.4. The third kappa shape index (κ3) is 4.26. The van der Waals surface area contributed by atoms with Crippen LogP contribution in [0.4, 0.5) is 5.69 Å². The zero-order chi connectivity index (χ0) is 22.0. The first-order valence-corrected chi connectivity index (χ1v) is 11.0. The van der Waals surface area contributed by atoms with E-state index in [1.165, 1.54) is 0 Å². The molecule has 2 aliphatic rings. The molecule has 32 heavy (non-hydrogen) atoms. The number of anilines is 1. The van der Waals surface area contributed by atoms with Gasteiger partial charge in [-0.25, -0.2) is 0 Å². The van der Waals surface area contributed by atoms with Gasteiger partial charge in [0.05, 0.1) is 6.61 Å². The number of nitrogens with zero attached hydrogens (tertiary/aromatic N) is 2. The normalized spacial score (nSPS) is 15.8. The molecule has 0 saturated heterocycles. The number of carbonyl (C=O) groups excluding carboxylic acids is 1. The second-order valence-corrected chi connectivity index (χ2v) is 8.00. The highest BCUT2D eigenvalue weighted by atomic mass is 16.7. The molecule has 1 amide bonds. The second kappa shape index (κ2) is 8.53. The quantitative estimate of drug-likeness (QED) is 0.572. The number of hydrogen-bond donors (Lipinski definition) is 1. The fourth-order valence-electron chi connectivity index (χ4n) is 4.07. The highest BCUT2D eigenvalue weighted by Gasteiger charge is 2.44. The summed E-state index contributed by atoms with van der Waals surface area (Å²) in [5.74, 6) is 2.46. The summed E-state index contributed by atoms with van der Waals surface area (Å²) in [4.78, 5) is 16.8. The van der Waals surface area contributed by atoms with Crippen molar-refractivity contribution in [1.82, 2.24) is 10.1 Å². The minimum Gasteiger partial charge on any atom is -0.494 e. The molecule has 8 heteroatoms. The van der Waals surface area contributed by atoms with Gasteiger partial charge >= 0.3 is 0 Å². The van der Waals surface area contributed by atoms with E-state index in [2.05, 4.69) is 15.5 Å². The lowest BCUT2D eigenvalue weighted by molar-refractivity contribution is -0.116. The predicted molar refractivity (Wildman–Crippen MR) is 117 cm³/mol. The smallest absolute Gasteiger partial charge is 0.251 e. The van der Waals surface area contributed by atoms with Crippen molar-refractivity contribution in [2.75, 3.05) is 11.9 Å².